The second-order valence-corrected chi connectivity index (χ2v) is 5.94. The monoisotopic (exact) mass is 335 g/mol. The average Bonchev–Trinajstić information content (AvgIpc) is 3.09. The summed E-state index contributed by atoms with van der Waals surface area (Å²) in [7, 11) is 0. The average molecular weight is 335 g/mol. The lowest BCUT2D eigenvalue weighted by atomic mass is 10.1. The minimum absolute atomic E-state index is 0.0776. The van der Waals surface area contributed by atoms with Gasteiger partial charge in [0.1, 0.15) is 17.8 Å². The zero-order chi connectivity index (χ0) is 17.1. The molecule has 1 amide bonds. The zero-order valence-electron chi connectivity index (χ0n) is 13.6. The van der Waals surface area contributed by atoms with Crippen LogP contribution in [0, 0.1) is 0 Å². The van der Waals surface area contributed by atoms with Crippen molar-refractivity contribution in [1.29, 1.82) is 0 Å². The molecule has 0 atom stereocenters. The summed E-state index contributed by atoms with van der Waals surface area (Å²) in [6.07, 6.45) is 10.3. The molecule has 3 aromatic rings. The molecule has 0 saturated carbocycles. The van der Waals surface area contributed by atoms with E-state index >= 15 is 0 Å². The Bertz CT molecular complexity index is 864. The highest BCUT2D eigenvalue weighted by Gasteiger charge is 2.26. The van der Waals surface area contributed by atoms with Crippen LogP contribution >= 0.6 is 0 Å². The van der Waals surface area contributed by atoms with Gasteiger partial charge in [-0.15, -0.1) is 0 Å². The van der Waals surface area contributed by atoms with Gasteiger partial charge in [-0.25, -0.2) is 15.0 Å². The van der Waals surface area contributed by atoms with Gasteiger partial charge in [0.25, 0.3) is 5.91 Å². The predicted molar refractivity (Wildman–Crippen MR) is 88.6 cm³/mol. The molecule has 1 aliphatic rings. The third kappa shape index (κ3) is 3.40. The first-order valence-electron chi connectivity index (χ1n) is 8.20. The Labute approximate surface area is 144 Å². The van der Waals surface area contributed by atoms with Crippen LogP contribution in [0.1, 0.15) is 33.3 Å². The first kappa shape index (κ1) is 15.4. The highest BCUT2D eigenvalue weighted by molar-refractivity contribution is 5.93. The van der Waals surface area contributed by atoms with E-state index in [4.69, 9.17) is 4.42 Å². The molecule has 7 heteroatoms. The Morgan fingerprint density at radius 3 is 2.84 bits per heavy atom. The molecule has 7 nitrogen and oxygen atoms in total. The number of nitrogens with zero attached hydrogens (tertiary/aromatic N) is 5. The van der Waals surface area contributed by atoms with Crippen molar-refractivity contribution in [2.24, 2.45) is 0 Å². The largest absolute Gasteiger partial charge is 0.445 e. The topological polar surface area (TPSA) is 85.0 Å². The van der Waals surface area contributed by atoms with Crippen molar-refractivity contribution in [2.45, 2.75) is 25.8 Å². The fraction of sp³-hybridized carbons (Fsp3) is 0.278. The molecule has 0 N–H and O–H groups in total. The number of carbonyl (C=O) groups excluding carboxylic acids is 1. The van der Waals surface area contributed by atoms with E-state index in [1.54, 1.807) is 11.1 Å². The number of hydrogen-bond acceptors (Lipinski definition) is 6. The number of aryl methyl sites for hydroxylation is 2. The summed E-state index contributed by atoms with van der Waals surface area (Å²) in [5, 5.41) is 0. The van der Waals surface area contributed by atoms with E-state index < -0.39 is 0 Å². The van der Waals surface area contributed by atoms with Crippen LogP contribution < -0.4 is 0 Å². The molecular weight excluding hydrogens is 318 g/mol. The summed E-state index contributed by atoms with van der Waals surface area (Å²) >= 11 is 0. The van der Waals surface area contributed by atoms with Gasteiger partial charge in [-0.3, -0.25) is 9.78 Å². The first-order chi connectivity index (χ1) is 12.3. The maximum Gasteiger partial charge on any atom is 0.257 e. The summed E-state index contributed by atoms with van der Waals surface area (Å²) in [6.45, 7) is 1.07. The Morgan fingerprint density at radius 2 is 2.04 bits per heavy atom. The lowest BCUT2D eigenvalue weighted by Crippen LogP contribution is -2.35. The molecular formula is C18H17N5O2. The lowest BCUT2D eigenvalue weighted by molar-refractivity contribution is 0.0727. The van der Waals surface area contributed by atoms with Gasteiger partial charge in [0.2, 0.25) is 0 Å². The van der Waals surface area contributed by atoms with E-state index in [1.807, 2.05) is 18.3 Å². The lowest BCUT2D eigenvalue weighted by Gasteiger charge is -2.25. The quantitative estimate of drug-likeness (QED) is 0.723. The van der Waals surface area contributed by atoms with Gasteiger partial charge in [0, 0.05) is 44.2 Å². The van der Waals surface area contributed by atoms with E-state index in [1.165, 1.54) is 18.7 Å². The second kappa shape index (κ2) is 6.80. The summed E-state index contributed by atoms with van der Waals surface area (Å²) in [5.41, 5.74) is 2.49. The molecule has 0 fully saturated rings. The van der Waals surface area contributed by atoms with Crippen molar-refractivity contribution < 1.29 is 9.21 Å². The Balaban J connectivity index is 1.43. The minimum atomic E-state index is -0.0776. The van der Waals surface area contributed by atoms with Crippen molar-refractivity contribution in [1.82, 2.24) is 24.8 Å². The van der Waals surface area contributed by atoms with E-state index in [2.05, 4.69) is 19.9 Å². The molecule has 4 rings (SSSR count). The summed E-state index contributed by atoms with van der Waals surface area (Å²) in [6, 6.07) is 3.96. The van der Waals surface area contributed by atoms with Gasteiger partial charge in [-0.2, -0.15) is 0 Å². The third-order valence-corrected chi connectivity index (χ3v) is 4.22. The standard InChI is InChI=1S/C18H17N5O2/c24-18(14-9-20-12-21-10-14)23-7-5-16-15(11-23)22-17(25-16)4-3-13-2-1-6-19-8-13/h1-2,6,8-10,12H,3-5,7,11H2. The molecule has 0 radical (unpaired) electrons. The van der Waals surface area contributed by atoms with Gasteiger partial charge < -0.3 is 9.32 Å². The van der Waals surface area contributed by atoms with Gasteiger partial charge in [-0.1, -0.05) is 6.07 Å². The number of pyridine rings is 1. The number of hydrogen-bond donors (Lipinski definition) is 0. The molecule has 25 heavy (non-hydrogen) atoms. The number of rotatable bonds is 4. The van der Waals surface area contributed by atoms with E-state index in [0.29, 0.717) is 31.0 Å². The van der Waals surface area contributed by atoms with Gasteiger partial charge in [0.15, 0.2) is 5.89 Å². The molecule has 3 aromatic heterocycles. The van der Waals surface area contributed by atoms with Crippen molar-refractivity contribution in [3.05, 3.63) is 71.7 Å². The van der Waals surface area contributed by atoms with E-state index in [-0.39, 0.29) is 5.91 Å². The van der Waals surface area contributed by atoms with Crippen LogP contribution in [-0.2, 0) is 25.8 Å². The van der Waals surface area contributed by atoms with Crippen LogP contribution in [0.3, 0.4) is 0 Å². The molecule has 0 spiro atoms. The third-order valence-electron chi connectivity index (χ3n) is 4.22. The number of amides is 1. The molecule has 1 aliphatic heterocycles. The van der Waals surface area contributed by atoms with Crippen molar-refractivity contribution >= 4 is 5.91 Å². The first-order valence-corrected chi connectivity index (χ1v) is 8.20. The number of aromatic nitrogens is 4. The molecule has 4 heterocycles. The molecule has 0 unspecified atom stereocenters. The van der Waals surface area contributed by atoms with Gasteiger partial charge in [0.05, 0.1) is 12.1 Å². The Kier molecular flexibility index (Phi) is 4.20. The van der Waals surface area contributed by atoms with Crippen LogP contribution in [-0.4, -0.2) is 37.3 Å². The van der Waals surface area contributed by atoms with Crippen LogP contribution in [0.15, 0.2) is 47.7 Å². The predicted octanol–water partition coefficient (Wildman–Crippen LogP) is 1.84. The van der Waals surface area contributed by atoms with E-state index in [9.17, 15) is 4.79 Å². The van der Waals surface area contributed by atoms with Crippen LogP contribution in [0.25, 0.3) is 0 Å². The van der Waals surface area contributed by atoms with Crippen LogP contribution in [0.2, 0.25) is 0 Å². The maximum atomic E-state index is 12.5. The smallest absolute Gasteiger partial charge is 0.257 e. The highest BCUT2D eigenvalue weighted by atomic mass is 16.4. The van der Waals surface area contributed by atoms with Crippen molar-refractivity contribution in [2.75, 3.05) is 6.54 Å². The van der Waals surface area contributed by atoms with Gasteiger partial charge in [-0.05, 0) is 18.1 Å². The minimum Gasteiger partial charge on any atom is -0.445 e. The SMILES string of the molecule is O=C(c1cncnc1)N1CCc2oc(CCc3cccnc3)nc2C1. The molecule has 0 aliphatic carbocycles. The van der Waals surface area contributed by atoms with Crippen LogP contribution in [0.4, 0.5) is 0 Å². The zero-order valence-corrected chi connectivity index (χ0v) is 13.6. The number of carbonyl (C=O) groups is 1. The van der Waals surface area contributed by atoms with Crippen molar-refractivity contribution in [3.8, 4) is 0 Å². The summed E-state index contributed by atoms with van der Waals surface area (Å²) in [5.74, 6) is 1.52. The maximum absolute atomic E-state index is 12.5. The van der Waals surface area contributed by atoms with Crippen LogP contribution in [0.5, 0.6) is 0 Å². The fourth-order valence-corrected chi connectivity index (χ4v) is 2.92. The summed E-state index contributed by atoms with van der Waals surface area (Å²) in [4.78, 5) is 30.8. The van der Waals surface area contributed by atoms with Crippen molar-refractivity contribution in [3.63, 3.8) is 0 Å². The Morgan fingerprint density at radius 1 is 1.16 bits per heavy atom. The number of fused-ring (bicyclic) bond motifs is 1. The van der Waals surface area contributed by atoms with E-state index in [0.717, 1.165) is 29.9 Å². The van der Waals surface area contributed by atoms with Gasteiger partial charge >= 0.3 is 0 Å². The highest BCUT2D eigenvalue weighted by Crippen LogP contribution is 2.22. The summed E-state index contributed by atoms with van der Waals surface area (Å²) < 4.78 is 5.87. The Hall–Kier alpha value is -3.09. The fourth-order valence-electron chi connectivity index (χ4n) is 2.92. The normalized spacial score (nSPS) is 13.5. The molecule has 0 bridgehead atoms. The number of oxazole rings is 1. The molecule has 0 aromatic carbocycles. The molecule has 0 saturated heterocycles. The second-order valence-electron chi connectivity index (χ2n) is 5.94. The molecule has 126 valence electrons.